The van der Waals surface area contributed by atoms with Crippen molar-refractivity contribution in [3.8, 4) is 0 Å². The SMILES string of the molecule is CC(=O)c1cc(CCC(=O)NC(c2ccccc2F)c2nccn2C)oc1C. The molecule has 7 heteroatoms. The van der Waals surface area contributed by atoms with Crippen molar-refractivity contribution in [2.75, 3.05) is 0 Å². The number of amides is 1. The number of carbonyl (C=O) groups is 2. The molecule has 0 aliphatic carbocycles. The van der Waals surface area contributed by atoms with Crippen molar-refractivity contribution in [3.63, 3.8) is 0 Å². The Balaban J connectivity index is 1.75. The van der Waals surface area contributed by atoms with Crippen LogP contribution in [0.15, 0.2) is 47.1 Å². The van der Waals surface area contributed by atoms with Gasteiger partial charge in [-0.3, -0.25) is 9.59 Å². The summed E-state index contributed by atoms with van der Waals surface area (Å²) in [5.41, 5.74) is 0.866. The molecule has 2 heterocycles. The molecule has 0 fully saturated rings. The van der Waals surface area contributed by atoms with Gasteiger partial charge in [0.15, 0.2) is 5.78 Å². The number of nitrogens with one attached hydrogen (secondary N) is 1. The second-order valence-corrected chi connectivity index (χ2v) is 6.66. The fourth-order valence-corrected chi connectivity index (χ4v) is 3.13. The predicted molar refractivity (Wildman–Crippen MR) is 101 cm³/mol. The fourth-order valence-electron chi connectivity index (χ4n) is 3.13. The van der Waals surface area contributed by atoms with E-state index < -0.39 is 11.9 Å². The molecular weight excluding hydrogens is 361 g/mol. The van der Waals surface area contributed by atoms with Crippen LogP contribution in [0.25, 0.3) is 0 Å². The molecule has 0 radical (unpaired) electrons. The first kappa shape index (κ1) is 19.5. The summed E-state index contributed by atoms with van der Waals surface area (Å²) in [6.07, 6.45) is 3.82. The second-order valence-electron chi connectivity index (χ2n) is 6.66. The maximum Gasteiger partial charge on any atom is 0.221 e. The molecule has 1 atom stereocenters. The minimum absolute atomic E-state index is 0.0775. The number of aromatic nitrogens is 2. The molecule has 0 aliphatic heterocycles. The maximum absolute atomic E-state index is 14.4. The lowest BCUT2D eigenvalue weighted by atomic mass is 10.0. The normalized spacial score (nSPS) is 12.0. The zero-order valence-corrected chi connectivity index (χ0v) is 16.0. The highest BCUT2D eigenvalue weighted by atomic mass is 19.1. The van der Waals surface area contributed by atoms with Gasteiger partial charge in [-0.2, -0.15) is 0 Å². The van der Waals surface area contributed by atoms with Gasteiger partial charge < -0.3 is 14.3 Å². The van der Waals surface area contributed by atoms with Crippen LogP contribution in [0, 0.1) is 12.7 Å². The molecular formula is C21H22FN3O3. The van der Waals surface area contributed by atoms with Crippen molar-refractivity contribution < 1.29 is 18.4 Å². The lowest BCUT2D eigenvalue weighted by Gasteiger charge is -2.19. The van der Waals surface area contributed by atoms with Gasteiger partial charge in [-0.05, 0) is 26.0 Å². The van der Waals surface area contributed by atoms with Crippen molar-refractivity contribution >= 4 is 11.7 Å². The van der Waals surface area contributed by atoms with E-state index in [2.05, 4.69) is 10.3 Å². The first-order valence-corrected chi connectivity index (χ1v) is 8.98. The van der Waals surface area contributed by atoms with Gasteiger partial charge in [0.1, 0.15) is 29.2 Å². The van der Waals surface area contributed by atoms with Crippen LogP contribution in [0.4, 0.5) is 4.39 Å². The molecule has 1 N–H and O–H groups in total. The zero-order chi connectivity index (χ0) is 20.3. The van der Waals surface area contributed by atoms with Crippen LogP contribution in [-0.4, -0.2) is 21.2 Å². The number of nitrogens with zero attached hydrogens (tertiary/aromatic N) is 2. The predicted octanol–water partition coefficient (Wildman–Crippen LogP) is 3.50. The molecule has 1 unspecified atom stereocenters. The Bertz CT molecular complexity index is 1010. The van der Waals surface area contributed by atoms with E-state index in [1.165, 1.54) is 13.0 Å². The van der Waals surface area contributed by atoms with Gasteiger partial charge >= 0.3 is 0 Å². The minimum Gasteiger partial charge on any atom is -0.466 e. The highest BCUT2D eigenvalue weighted by Gasteiger charge is 2.23. The van der Waals surface area contributed by atoms with E-state index in [0.717, 1.165) is 0 Å². The van der Waals surface area contributed by atoms with E-state index >= 15 is 0 Å². The number of hydrogen-bond donors (Lipinski definition) is 1. The summed E-state index contributed by atoms with van der Waals surface area (Å²) in [5.74, 6) is 0.883. The van der Waals surface area contributed by atoms with Crippen LogP contribution in [0.1, 0.15) is 52.7 Å². The number of rotatable bonds is 7. The van der Waals surface area contributed by atoms with E-state index in [1.54, 1.807) is 55.2 Å². The smallest absolute Gasteiger partial charge is 0.221 e. The van der Waals surface area contributed by atoms with E-state index in [4.69, 9.17) is 4.42 Å². The Morgan fingerprint density at radius 3 is 2.68 bits per heavy atom. The molecule has 146 valence electrons. The molecule has 6 nitrogen and oxygen atoms in total. The highest BCUT2D eigenvalue weighted by Crippen LogP contribution is 2.23. The largest absolute Gasteiger partial charge is 0.466 e. The number of benzene rings is 1. The third kappa shape index (κ3) is 4.19. The van der Waals surface area contributed by atoms with E-state index in [-0.39, 0.29) is 18.1 Å². The van der Waals surface area contributed by atoms with Gasteiger partial charge in [0.25, 0.3) is 0 Å². The van der Waals surface area contributed by atoms with Gasteiger partial charge in [0, 0.05) is 37.8 Å². The highest BCUT2D eigenvalue weighted by molar-refractivity contribution is 5.95. The van der Waals surface area contributed by atoms with Gasteiger partial charge in [-0.15, -0.1) is 0 Å². The summed E-state index contributed by atoms with van der Waals surface area (Å²) in [7, 11) is 1.79. The molecule has 0 saturated carbocycles. The van der Waals surface area contributed by atoms with E-state index in [9.17, 15) is 14.0 Å². The molecule has 0 spiro atoms. The quantitative estimate of drug-likeness (QED) is 0.634. The molecule has 28 heavy (non-hydrogen) atoms. The number of furan rings is 1. The molecule has 3 aromatic rings. The first-order chi connectivity index (χ1) is 13.4. The number of hydrogen-bond acceptors (Lipinski definition) is 4. The molecule has 1 aromatic carbocycles. The van der Waals surface area contributed by atoms with Crippen molar-refractivity contribution in [3.05, 3.63) is 77.0 Å². The Morgan fingerprint density at radius 2 is 2.07 bits per heavy atom. The summed E-state index contributed by atoms with van der Waals surface area (Å²) in [4.78, 5) is 28.4. The summed E-state index contributed by atoms with van der Waals surface area (Å²) >= 11 is 0. The third-order valence-electron chi connectivity index (χ3n) is 4.58. The standard InChI is InChI=1S/C21H22FN3O3/c1-13(26)17-12-15(28-14(17)2)8-9-19(27)24-20(21-23-10-11-25(21)3)16-6-4-5-7-18(16)22/h4-7,10-12,20H,8-9H2,1-3H3,(H,24,27). The zero-order valence-electron chi connectivity index (χ0n) is 16.0. The number of Topliss-reactive ketones (excluding diaryl/α,β-unsaturated/α-hetero) is 1. The summed E-state index contributed by atoms with van der Waals surface area (Å²) in [6, 6.07) is 7.26. The average molecular weight is 383 g/mol. The number of aryl methyl sites for hydroxylation is 3. The monoisotopic (exact) mass is 383 g/mol. The van der Waals surface area contributed by atoms with E-state index in [1.807, 2.05) is 0 Å². The van der Waals surface area contributed by atoms with Crippen LogP contribution in [-0.2, 0) is 18.3 Å². The Hall–Kier alpha value is -3.22. The van der Waals surface area contributed by atoms with Gasteiger partial charge in [-0.25, -0.2) is 9.37 Å². The van der Waals surface area contributed by atoms with E-state index in [0.29, 0.717) is 34.9 Å². The number of carbonyl (C=O) groups excluding carboxylic acids is 2. The number of halogens is 1. The van der Waals surface area contributed by atoms with Crippen LogP contribution in [0.2, 0.25) is 0 Å². The van der Waals surface area contributed by atoms with Gasteiger partial charge in [0.2, 0.25) is 5.91 Å². The van der Waals surface area contributed by atoms with Crippen LogP contribution < -0.4 is 5.32 Å². The van der Waals surface area contributed by atoms with Crippen LogP contribution in [0.5, 0.6) is 0 Å². The summed E-state index contributed by atoms with van der Waals surface area (Å²) in [5, 5.41) is 2.86. The van der Waals surface area contributed by atoms with Crippen molar-refractivity contribution in [2.24, 2.45) is 7.05 Å². The lowest BCUT2D eigenvalue weighted by Crippen LogP contribution is -2.31. The van der Waals surface area contributed by atoms with Crippen LogP contribution >= 0.6 is 0 Å². The Labute approximate surface area is 162 Å². The Kier molecular flexibility index (Phi) is 5.73. The second kappa shape index (κ2) is 8.21. The molecule has 1 amide bonds. The average Bonchev–Trinajstić information content (AvgIpc) is 3.24. The number of ketones is 1. The lowest BCUT2D eigenvalue weighted by molar-refractivity contribution is -0.121. The maximum atomic E-state index is 14.4. The summed E-state index contributed by atoms with van der Waals surface area (Å²) in [6.45, 7) is 3.19. The first-order valence-electron chi connectivity index (χ1n) is 8.98. The van der Waals surface area contributed by atoms with Gasteiger partial charge in [-0.1, -0.05) is 18.2 Å². The minimum atomic E-state index is -0.709. The molecule has 0 aliphatic rings. The van der Waals surface area contributed by atoms with Crippen molar-refractivity contribution in [2.45, 2.75) is 32.7 Å². The third-order valence-corrected chi connectivity index (χ3v) is 4.58. The van der Waals surface area contributed by atoms with Crippen molar-refractivity contribution in [1.82, 2.24) is 14.9 Å². The van der Waals surface area contributed by atoms with Crippen LogP contribution in [0.3, 0.4) is 0 Å². The van der Waals surface area contributed by atoms with Crippen molar-refractivity contribution in [1.29, 1.82) is 0 Å². The topological polar surface area (TPSA) is 77.1 Å². The molecule has 0 saturated heterocycles. The fraction of sp³-hybridized carbons (Fsp3) is 0.286. The molecule has 0 bridgehead atoms. The Morgan fingerprint density at radius 1 is 1.32 bits per heavy atom. The molecule has 2 aromatic heterocycles. The molecule has 3 rings (SSSR count). The number of imidazole rings is 1. The van der Waals surface area contributed by atoms with Gasteiger partial charge in [0.05, 0.1) is 5.56 Å². The summed E-state index contributed by atoms with van der Waals surface area (Å²) < 4.78 is 21.6.